The predicted octanol–water partition coefficient (Wildman–Crippen LogP) is 2.46. The quantitative estimate of drug-likeness (QED) is 0.346. The molecule has 1 unspecified atom stereocenters. The van der Waals surface area contributed by atoms with Gasteiger partial charge in [-0.15, -0.1) is 0 Å². The predicted molar refractivity (Wildman–Crippen MR) is 49.8 cm³/mol. The Bertz CT molecular complexity index is 161. The lowest BCUT2D eigenvalue weighted by molar-refractivity contribution is -0.141. The molecule has 0 aromatic carbocycles. The second-order valence-electron chi connectivity index (χ2n) is 2.56. The molecule has 68 valence electrons. The van der Waals surface area contributed by atoms with Gasteiger partial charge < -0.3 is 4.74 Å². The Hall–Kier alpha value is -1.05. The molecule has 2 heteroatoms. The van der Waals surface area contributed by atoms with Gasteiger partial charge in [0, 0.05) is 6.08 Å². The molecule has 0 spiro atoms. The first kappa shape index (κ1) is 11.0. The molecule has 0 saturated heterocycles. The third-order valence-corrected chi connectivity index (χ3v) is 1.54. The van der Waals surface area contributed by atoms with E-state index < -0.39 is 0 Å². The monoisotopic (exact) mass is 168 g/mol. The molecule has 0 fully saturated rings. The Balaban J connectivity index is 3.73. The largest absolute Gasteiger partial charge is 0.455 e. The van der Waals surface area contributed by atoms with E-state index in [0.29, 0.717) is 0 Å². The van der Waals surface area contributed by atoms with Crippen molar-refractivity contribution in [3.8, 4) is 0 Å². The van der Waals surface area contributed by atoms with Crippen LogP contribution in [-0.4, -0.2) is 12.1 Å². The van der Waals surface area contributed by atoms with Crippen LogP contribution in [0.2, 0.25) is 0 Å². The maximum absolute atomic E-state index is 10.8. The van der Waals surface area contributed by atoms with E-state index in [2.05, 4.69) is 20.1 Å². The van der Waals surface area contributed by atoms with Gasteiger partial charge in [0.05, 0.1) is 0 Å². The minimum absolute atomic E-state index is 0.157. The van der Waals surface area contributed by atoms with Gasteiger partial charge >= 0.3 is 5.97 Å². The zero-order chi connectivity index (χ0) is 9.40. The molecule has 0 heterocycles. The van der Waals surface area contributed by atoms with Crippen LogP contribution in [0.3, 0.4) is 0 Å². The van der Waals surface area contributed by atoms with Crippen LogP contribution < -0.4 is 0 Å². The number of esters is 1. The maximum Gasteiger partial charge on any atom is 0.330 e. The molecule has 2 nitrogen and oxygen atoms in total. The number of hydrogen-bond acceptors (Lipinski definition) is 2. The van der Waals surface area contributed by atoms with E-state index in [0.717, 1.165) is 19.3 Å². The fraction of sp³-hybridized carbons (Fsp3) is 0.500. The zero-order valence-corrected chi connectivity index (χ0v) is 7.58. The molecule has 0 saturated carbocycles. The molecule has 1 atom stereocenters. The van der Waals surface area contributed by atoms with Crippen molar-refractivity contribution < 1.29 is 9.53 Å². The summed E-state index contributed by atoms with van der Waals surface area (Å²) < 4.78 is 4.98. The molecule has 0 aliphatic rings. The molecular weight excluding hydrogens is 152 g/mol. The van der Waals surface area contributed by atoms with E-state index in [1.54, 1.807) is 6.08 Å². The summed E-state index contributed by atoms with van der Waals surface area (Å²) in [5.74, 6) is -0.379. The van der Waals surface area contributed by atoms with Crippen molar-refractivity contribution in [2.75, 3.05) is 0 Å². The third kappa shape index (κ3) is 4.72. The lowest BCUT2D eigenvalue weighted by Crippen LogP contribution is -2.13. The molecule has 0 aliphatic carbocycles. The summed E-state index contributed by atoms with van der Waals surface area (Å²) in [4.78, 5) is 10.8. The van der Waals surface area contributed by atoms with Crippen LogP contribution in [0.1, 0.15) is 26.2 Å². The van der Waals surface area contributed by atoms with Crippen molar-refractivity contribution in [3.63, 3.8) is 0 Å². The van der Waals surface area contributed by atoms with Crippen LogP contribution in [0.25, 0.3) is 0 Å². The van der Waals surface area contributed by atoms with E-state index >= 15 is 0 Å². The first-order chi connectivity index (χ1) is 5.74. The molecule has 0 rings (SSSR count). The Kier molecular flexibility index (Phi) is 6.07. The summed E-state index contributed by atoms with van der Waals surface area (Å²) in [5.41, 5.74) is 0. The van der Waals surface area contributed by atoms with Crippen LogP contribution in [0.4, 0.5) is 0 Å². The van der Waals surface area contributed by atoms with Crippen molar-refractivity contribution in [1.82, 2.24) is 0 Å². The van der Waals surface area contributed by atoms with Gasteiger partial charge in [-0.1, -0.05) is 32.6 Å². The highest BCUT2D eigenvalue weighted by Crippen LogP contribution is 2.05. The minimum Gasteiger partial charge on any atom is -0.455 e. The lowest BCUT2D eigenvalue weighted by atomic mass is 10.1. The molecule has 0 aromatic heterocycles. The normalized spacial score (nSPS) is 11.8. The molecule has 0 N–H and O–H groups in total. The molecule has 0 aliphatic heterocycles. The van der Waals surface area contributed by atoms with Gasteiger partial charge in [0.1, 0.15) is 6.10 Å². The number of carbonyl (C=O) groups is 1. The number of ether oxygens (including phenoxy) is 1. The lowest BCUT2D eigenvalue weighted by Gasteiger charge is -2.11. The fourth-order valence-electron chi connectivity index (χ4n) is 0.828. The Morgan fingerprint density at radius 2 is 2.25 bits per heavy atom. The topological polar surface area (TPSA) is 26.3 Å². The Labute approximate surface area is 73.9 Å². The molecule has 0 aromatic rings. The van der Waals surface area contributed by atoms with Gasteiger partial charge in [-0.3, -0.25) is 0 Å². The highest BCUT2D eigenvalue weighted by Gasteiger charge is 2.06. The Morgan fingerprint density at radius 3 is 2.67 bits per heavy atom. The molecule has 12 heavy (non-hydrogen) atoms. The standard InChI is InChI=1S/C10H16O2/c1-4-7-8-9(5-2)12-10(11)6-3/h5-6,9H,2-4,7-8H2,1H3. The van der Waals surface area contributed by atoms with Crippen LogP contribution in [0, 0.1) is 0 Å². The van der Waals surface area contributed by atoms with E-state index in [4.69, 9.17) is 4.74 Å². The SMILES string of the molecule is C=CC(=O)OC(C=C)CCCC. The fourth-order valence-corrected chi connectivity index (χ4v) is 0.828. The molecule has 0 amide bonds. The van der Waals surface area contributed by atoms with Gasteiger partial charge in [-0.25, -0.2) is 4.79 Å². The van der Waals surface area contributed by atoms with Crippen LogP contribution in [-0.2, 0) is 9.53 Å². The van der Waals surface area contributed by atoms with Crippen LogP contribution in [0.5, 0.6) is 0 Å². The van der Waals surface area contributed by atoms with Gasteiger partial charge in [0.2, 0.25) is 0 Å². The smallest absolute Gasteiger partial charge is 0.330 e. The summed E-state index contributed by atoms with van der Waals surface area (Å²) in [7, 11) is 0. The van der Waals surface area contributed by atoms with Gasteiger partial charge in [-0.2, -0.15) is 0 Å². The van der Waals surface area contributed by atoms with Crippen LogP contribution >= 0.6 is 0 Å². The molecule has 0 radical (unpaired) electrons. The van der Waals surface area contributed by atoms with Gasteiger partial charge in [-0.05, 0) is 12.8 Å². The maximum atomic E-state index is 10.8. The van der Waals surface area contributed by atoms with Crippen molar-refractivity contribution in [1.29, 1.82) is 0 Å². The summed E-state index contributed by atoms with van der Waals surface area (Å²) >= 11 is 0. The highest BCUT2D eigenvalue weighted by atomic mass is 16.5. The van der Waals surface area contributed by atoms with E-state index in [9.17, 15) is 4.79 Å². The second-order valence-corrected chi connectivity index (χ2v) is 2.56. The van der Waals surface area contributed by atoms with E-state index in [1.807, 2.05) is 0 Å². The van der Waals surface area contributed by atoms with E-state index in [1.165, 1.54) is 6.08 Å². The summed E-state index contributed by atoms with van der Waals surface area (Å²) in [5, 5.41) is 0. The minimum atomic E-state index is -0.379. The third-order valence-electron chi connectivity index (χ3n) is 1.54. The number of carbonyl (C=O) groups excluding carboxylic acids is 1. The number of hydrogen-bond donors (Lipinski definition) is 0. The zero-order valence-electron chi connectivity index (χ0n) is 7.58. The summed E-state index contributed by atoms with van der Waals surface area (Å²) in [6.45, 7) is 9.00. The number of unbranched alkanes of at least 4 members (excludes halogenated alkanes) is 1. The summed E-state index contributed by atoms with van der Waals surface area (Å²) in [6.07, 6.45) is 5.64. The van der Waals surface area contributed by atoms with Gasteiger partial charge in [0.25, 0.3) is 0 Å². The first-order valence-corrected chi connectivity index (χ1v) is 4.20. The van der Waals surface area contributed by atoms with Gasteiger partial charge in [0.15, 0.2) is 0 Å². The van der Waals surface area contributed by atoms with Crippen molar-refractivity contribution >= 4 is 5.97 Å². The van der Waals surface area contributed by atoms with Crippen LogP contribution in [0.15, 0.2) is 25.3 Å². The second kappa shape index (κ2) is 6.65. The van der Waals surface area contributed by atoms with E-state index in [-0.39, 0.29) is 12.1 Å². The average Bonchev–Trinajstić information content (AvgIpc) is 2.11. The highest BCUT2D eigenvalue weighted by molar-refractivity contribution is 5.81. The molecule has 0 bridgehead atoms. The Morgan fingerprint density at radius 1 is 1.58 bits per heavy atom. The summed E-state index contributed by atoms with van der Waals surface area (Å²) in [6, 6.07) is 0. The average molecular weight is 168 g/mol. The van der Waals surface area contributed by atoms with Crippen molar-refractivity contribution in [2.24, 2.45) is 0 Å². The van der Waals surface area contributed by atoms with Crippen molar-refractivity contribution in [2.45, 2.75) is 32.3 Å². The first-order valence-electron chi connectivity index (χ1n) is 4.20. The number of rotatable bonds is 6. The van der Waals surface area contributed by atoms with Crippen molar-refractivity contribution in [3.05, 3.63) is 25.3 Å². The molecular formula is C10H16O2.